The minimum Gasteiger partial charge on any atom is -0.359 e. The van der Waals surface area contributed by atoms with Gasteiger partial charge < -0.3 is 9.80 Å². The Balaban J connectivity index is 1.84. The van der Waals surface area contributed by atoms with Crippen molar-refractivity contribution in [1.82, 2.24) is 0 Å². The molecule has 0 radical (unpaired) electrons. The molecular formula is C24H28FN3O+2. The van der Waals surface area contributed by atoms with Crippen molar-refractivity contribution >= 4 is 22.4 Å². The molecule has 0 bridgehead atoms. The third-order valence-electron chi connectivity index (χ3n) is 6.16. The second-order valence-electron chi connectivity index (χ2n) is 7.96. The first-order valence-corrected chi connectivity index (χ1v) is 10.3. The number of quaternary nitrogens is 1. The zero-order valence-electron chi connectivity index (χ0n) is 17.3. The van der Waals surface area contributed by atoms with E-state index in [1.807, 2.05) is 32.0 Å². The summed E-state index contributed by atoms with van der Waals surface area (Å²) in [5, 5.41) is 0.764. The number of aromatic amines is 1. The van der Waals surface area contributed by atoms with Gasteiger partial charge in [0.1, 0.15) is 11.4 Å². The summed E-state index contributed by atoms with van der Waals surface area (Å²) in [5.74, 6) is -0.323. The Kier molecular flexibility index (Phi) is 5.33. The molecule has 4 nitrogen and oxygen atoms in total. The molecule has 1 saturated heterocycles. The minimum absolute atomic E-state index is 0.0317. The van der Waals surface area contributed by atoms with Crippen LogP contribution in [0.3, 0.4) is 0 Å². The summed E-state index contributed by atoms with van der Waals surface area (Å²) in [6, 6.07) is 10.5. The highest BCUT2D eigenvalue weighted by Gasteiger charge is 2.28. The lowest BCUT2D eigenvalue weighted by Gasteiger charge is -2.34. The van der Waals surface area contributed by atoms with E-state index < -0.39 is 0 Å². The molecule has 1 aliphatic rings. The standard InChI is InChI=1S/C24H26FN3O/c1-4-27-9-11-28(12-10-27)23-20-14-19(25)7-8-22(20)26-15-21(23)24(29)18-6-5-16(2)17(3)13-18/h5-8,13-15H,4,9-12H2,1-3H3/p+2. The maximum Gasteiger partial charge on any atom is 0.213 e. The first kappa shape index (κ1) is 19.5. The lowest BCUT2D eigenvalue weighted by molar-refractivity contribution is -0.898. The number of carbonyl (C=O) groups is 1. The van der Waals surface area contributed by atoms with Crippen molar-refractivity contribution in [1.29, 1.82) is 0 Å². The molecule has 3 aromatic rings. The third-order valence-corrected chi connectivity index (χ3v) is 6.16. The van der Waals surface area contributed by atoms with Gasteiger partial charge in [-0.25, -0.2) is 9.37 Å². The third kappa shape index (κ3) is 3.75. The first-order valence-electron chi connectivity index (χ1n) is 10.3. The normalized spacial score (nSPS) is 15.1. The Hall–Kier alpha value is -2.79. The van der Waals surface area contributed by atoms with E-state index >= 15 is 0 Å². The highest BCUT2D eigenvalue weighted by molar-refractivity contribution is 6.15. The molecule has 2 N–H and O–H groups in total. The number of aryl methyl sites for hydroxylation is 2. The minimum atomic E-state index is -0.291. The summed E-state index contributed by atoms with van der Waals surface area (Å²) in [6.45, 7) is 11.1. The van der Waals surface area contributed by atoms with Crippen LogP contribution in [0.5, 0.6) is 0 Å². The lowest BCUT2D eigenvalue weighted by Crippen LogP contribution is -3.14. The van der Waals surface area contributed by atoms with E-state index in [-0.39, 0.29) is 11.6 Å². The van der Waals surface area contributed by atoms with E-state index in [1.54, 1.807) is 17.2 Å². The van der Waals surface area contributed by atoms with Crippen molar-refractivity contribution in [2.75, 3.05) is 37.6 Å². The number of fused-ring (bicyclic) bond motifs is 1. The topological polar surface area (TPSA) is 38.9 Å². The maximum atomic E-state index is 14.1. The number of nitrogens with zero attached hydrogens (tertiary/aromatic N) is 1. The van der Waals surface area contributed by atoms with Crippen LogP contribution in [0.15, 0.2) is 42.6 Å². The molecule has 0 aliphatic carbocycles. The summed E-state index contributed by atoms with van der Waals surface area (Å²) in [4.78, 5) is 20.5. The van der Waals surface area contributed by atoms with Crippen LogP contribution in [0.25, 0.3) is 10.9 Å². The molecule has 0 spiro atoms. The highest BCUT2D eigenvalue weighted by atomic mass is 19.1. The van der Waals surface area contributed by atoms with E-state index in [1.165, 1.54) is 12.1 Å². The van der Waals surface area contributed by atoms with Crippen LogP contribution in [-0.4, -0.2) is 38.5 Å². The molecule has 0 saturated carbocycles. The largest absolute Gasteiger partial charge is 0.359 e. The van der Waals surface area contributed by atoms with E-state index in [0.29, 0.717) is 11.1 Å². The molecule has 1 fully saturated rings. The van der Waals surface area contributed by atoms with Crippen molar-refractivity contribution in [3.63, 3.8) is 0 Å². The number of benzene rings is 2. The summed E-state index contributed by atoms with van der Waals surface area (Å²) in [5.41, 5.74) is 5.20. The number of carbonyl (C=O) groups excluding carboxylic acids is 1. The van der Waals surface area contributed by atoms with Crippen molar-refractivity contribution in [3.05, 3.63) is 70.7 Å². The zero-order chi connectivity index (χ0) is 20.5. The van der Waals surface area contributed by atoms with Crippen LogP contribution < -0.4 is 14.8 Å². The van der Waals surface area contributed by atoms with Crippen molar-refractivity contribution in [2.45, 2.75) is 20.8 Å². The van der Waals surface area contributed by atoms with E-state index in [0.717, 1.165) is 60.4 Å². The number of ketones is 1. The number of likely N-dealkylation sites (N-methyl/N-ethyl adjacent to an activating group) is 1. The summed E-state index contributed by atoms with van der Waals surface area (Å²) >= 11 is 0. The molecule has 1 aromatic heterocycles. The van der Waals surface area contributed by atoms with Gasteiger partial charge in [0.05, 0.1) is 43.8 Å². The fourth-order valence-electron chi connectivity index (χ4n) is 4.15. The Bertz CT molecular complexity index is 1070. The predicted molar refractivity (Wildman–Crippen MR) is 113 cm³/mol. The van der Waals surface area contributed by atoms with E-state index in [4.69, 9.17) is 0 Å². The van der Waals surface area contributed by atoms with Crippen LogP contribution in [-0.2, 0) is 0 Å². The molecule has 2 aromatic carbocycles. The highest BCUT2D eigenvalue weighted by Crippen LogP contribution is 2.31. The fourth-order valence-corrected chi connectivity index (χ4v) is 4.15. The van der Waals surface area contributed by atoms with Gasteiger partial charge in [-0.1, -0.05) is 12.1 Å². The molecule has 0 amide bonds. The smallest absolute Gasteiger partial charge is 0.213 e. The number of hydrogen-bond donors (Lipinski definition) is 1. The number of hydrogen-bond acceptors (Lipinski definition) is 2. The first-order chi connectivity index (χ1) is 14.0. The van der Waals surface area contributed by atoms with Gasteiger partial charge >= 0.3 is 0 Å². The van der Waals surface area contributed by atoms with E-state index in [9.17, 15) is 9.18 Å². The number of H-pyrrole nitrogens is 1. The van der Waals surface area contributed by atoms with E-state index in [2.05, 4.69) is 16.8 Å². The maximum absolute atomic E-state index is 14.1. The second-order valence-corrected chi connectivity index (χ2v) is 7.96. The van der Waals surface area contributed by atoms with Gasteiger partial charge in [-0.05, 0) is 50.1 Å². The van der Waals surface area contributed by atoms with Gasteiger partial charge in [-0.3, -0.25) is 4.79 Å². The summed E-state index contributed by atoms with van der Waals surface area (Å²) < 4.78 is 14.1. The molecule has 4 rings (SSSR count). The number of pyridine rings is 1. The molecule has 0 atom stereocenters. The number of aromatic nitrogens is 1. The average Bonchev–Trinajstić information content (AvgIpc) is 2.74. The molecular weight excluding hydrogens is 365 g/mol. The quantitative estimate of drug-likeness (QED) is 0.692. The number of rotatable bonds is 4. The van der Waals surface area contributed by atoms with Crippen molar-refractivity contribution in [3.8, 4) is 0 Å². The zero-order valence-corrected chi connectivity index (χ0v) is 17.3. The SMILES string of the molecule is CC[NH+]1CCN(c2c(C(=O)c3ccc(C)c(C)c3)c[nH+]c3ccc(F)cc23)CC1. The Morgan fingerprint density at radius 2 is 1.86 bits per heavy atom. The lowest BCUT2D eigenvalue weighted by atomic mass is 9.97. The molecule has 5 heteroatoms. The van der Waals surface area contributed by atoms with Gasteiger partial charge in [0.15, 0.2) is 6.20 Å². The molecule has 2 heterocycles. The number of anilines is 1. The predicted octanol–water partition coefficient (Wildman–Crippen LogP) is 2.37. The number of halogens is 1. The molecule has 29 heavy (non-hydrogen) atoms. The average molecular weight is 394 g/mol. The van der Waals surface area contributed by atoms with Gasteiger partial charge in [0.25, 0.3) is 0 Å². The van der Waals surface area contributed by atoms with Gasteiger partial charge in [-0.2, -0.15) is 0 Å². The van der Waals surface area contributed by atoms with Gasteiger partial charge in [0, 0.05) is 11.6 Å². The van der Waals surface area contributed by atoms with Crippen LogP contribution in [0.2, 0.25) is 0 Å². The Labute approximate surface area is 171 Å². The van der Waals surface area contributed by atoms with Gasteiger partial charge in [0.2, 0.25) is 11.3 Å². The molecule has 0 unspecified atom stereocenters. The van der Waals surface area contributed by atoms with Gasteiger partial charge in [-0.15, -0.1) is 0 Å². The van der Waals surface area contributed by atoms with Crippen molar-refractivity contribution < 1.29 is 19.1 Å². The number of piperazine rings is 1. The Morgan fingerprint density at radius 1 is 1.10 bits per heavy atom. The fraction of sp³-hybridized carbons (Fsp3) is 0.333. The van der Waals surface area contributed by atoms with Crippen LogP contribution in [0.1, 0.15) is 34.0 Å². The second kappa shape index (κ2) is 7.91. The van der Waals surface area contributed by atoms with Crippen LogP contribution in [0, 0.1) is 19.7 Å². The van der Waals surface area contributed by atoms with Crippen molar-refractivity contribution in [2.24, 2.45) is 0 Å². The van der Waals surface area contributed by atoms with Crippen LogP contribution in [0.4, 0.5) is 10.1 Å². The summed E-state index contributed by atoms with van der Waals surface area (Å²) in [6.07, 6.45) is 1.78. The monoisotopic (exact) mass is 393 g/mol. The molecule has 1 aliphatic heterocycles. The molecule has 150 valence electrons. The number of nitrogens with one attached hydrogen (secondary N) is 2. The van der Waals surface area contributed by atoms with Crippen LogP contribution >= 0.6 is 0 Å². The summed E-state index contributed by atoms with van der Waals surface area (Å²) in [7, 11) is 0. The Morgan fingerprint density at radius 3 is 2.55 bits per heavy atom.